The largest absolute Gasteiger partial charge is 0.478 e. The van der Waals surface area contributed by atoms with Crippen LogP contribution in [0, 0.1) is 5.92 Å². The fourth-order valence-electron chi connectivity index (χ4n) is 2.82. The Bertz CT molecular complexity index is 667. The van der Waals surface area contributed by atoms with Crippen LogP contribution in [0.4, 0.5) is 5.69 Å². The lowest BCUT2D eigenvalue weighted by atomic mass is 9.93. The van der Waals surface area contributed by atoms with E-state index in [-0.39, 0.29) is 5.97 Å². The third-order valence-corrected chi connectivity index (χ3v) is 4.03. The zero-order valence-electron chi connectivity index (χ0n) is 15.0. The maximum atomic E-state index is 12.1. The number of carboxylic acid groups (broad SMARTS) is 2. The highest BCUT2D eigenvalue weighted by molar-refractivity contribution is 5.89. The second-order valence-electron chi connectivity index (χ2n) is 6.26. The third-order valence-electron chi connectivity index (χ3n) is 4.03. The van der Waals surface area contributed by atoms with Crippen LogP contribution >= 0.6 is 0 Å². The lowest BCUT2D eigenvalue weighted by Crippen LogP contribution is -2.28. The Balaban J connectivity index is 0.000000359. The summed E-state index contributed by atoms with van der Waals surface area (Å²) in [7, 11) is 5.49. The number of carboxylic acids is 2. The zero-order chi connectivity index (χ0) is 19.9. The van der Waals surface area contributed by atoms with E-state index in [1.54, 1.807) is 0 Å². The zero-order valence-corrected chi connectivity index (χ0v) is 15.0. The molecule has 4 N–H and O–H groups in total. The first-order chi connectivity index (χ1) is 12.1. The van der Waals surface area contributed by atoms with Gasteiger partial charge in [-0.05, 0) is 44.1 Å². The van der Waals surface area contributed by atoms with Gasteiger partial charge in [-0.2, -0.15) is 0 Å². The van der Waals surface area contributed by atoms with Gasteiger partial charge in [0.1, 0.15) is 0 Å². The number of carbonyl (C=O) groups is 3. The van der Waals surface area contributed by atoms with Crippen molar-refractivity contribution in [2.24, 2.45) is 5.92 Å². The molecule has 0 amide bonds. The molecule has 1 aliphatic rings. The number of anilines is 1. The van der Waals surface area contributed by atoms with Crippen molar-refractivity contribution in [1.29, 1.82) is 0 Å². The minimum Gasteiger partial charge on any atom is -0.478 e. The molecule has 2 rings (SSSR count). The molecule has 0 heterocycles. The molecular weight excluding hydrogens is 340 g/mol. The number of nitrogens with two attached hydrogens (primary N) is 1. The monoisotopic (exact) mass is 364 g/mol. The van der Waals surface area contributed by atoms with Crippen LogP contribution in [-0.4, -0.2) is 60.8 Å². The third kappa shape index (κ3) is 5.59. The van der Waals surface area contributed by atoms with E-state index in [4.69, 9.17) is 20.7 Å². The van der Waals surface area contributed by atoms with Crippen LogP contribution in [0.25, 0.3) is 0 Å². The van der Waals surface area contributed by atoms with Crippen molar-refractivity contribution in [3.05, 3.63) is 42.0 Å². The molecule has 1 aromatic rings. The number of nitrogen functional groups attached to an aromatic ring is 1. The van der Waals surface area contributed by atoms with Gasteiger partial charge in [0.05, 0.1) is 12.5 Å². The van der Waals surface area contributed by atoms with Gasteiger partial charge >= 0.3 is 17.9 Å². The Morgan fingerprint density at radius 2 is 1.69 bits per heavy atom. The number of ether oxygens (including phenoxy) is 1. The Labute approximate surface area is 151 Å². The number of carbonyl (C=O) groups excluding carboxylic acids is 1. The lowest BCUT2D eigenvalue weighted by molar-refractivity contribution is -0.144. The summed E-state index contributed by atoms with van der Waals surface area (Å²) in [5.74, 6) is -2.33. The van der Waals surface area contributed by atoms with Crippen molar-refractivity contribution in [3.63, 3.8) is 0 Å². The summed E-state index contributed by atoms with van der Waals surface area (Å²) < 4.78 is 4.99. The van der Waals surface area contributed by atoms with Crippen LogP contribution in [0.3, 0.4) is 0 Å². The Morgan fingerprint density at radius 1 is 1.19 bits per heavy atom. The van der Waals surface area contributed by atoms with Crippen molar-refractivity contribution >= 4 is 23.6 Å². The lowest BCUT2D eigenvalue weighted by Gasteiger charge is -2.17. The van der Waals surface area contributed by atoms with Gasteiger partial charge in [-0.1, -0.05) is 12.1 Å². The van der Waals surface area contributed by atoms with Gasteiger partial charge in [-0.3, -0.25) is 4.79 Å². The molecule has 0 radical (unpaired) electrons. The summed E-state index contributed by atoms with van der Waals surface area (Å²) in [6, 6.07) is 7.54. The van der Waals surface area contributed by atoms with Crippen molar-refractivity contribution in [2.45, 2.75) is 11.8 Å². The van der Waals surface area contributed by atoms with Gasteiger partial charge in [-0.25, -0.2) is 9.59 Å². The summed E-state index contributed by atoms with van der Waals surface area (Å²) in [4.78, 5) is 33.3. The number of aliphatic carboxylic acids is 2. The van der Waals surface area contributed by atoms with E-state index in [1.807, 2.05) is 38.4 Å². The van der Waals surface area contributed by atoms with E-state index in [1.165, 1.54) is 7.11 Å². The molecule has 0 bridgehead atoms. The van der Waals surface area contributed by atoms with Crippen molar-refractivity contribution < 1.29 is 29.3 Å². The number of methoxy groups -OCH3 is 1. The molecule has 8 nitrogen and oxygen atoms in total. The highest BCUT2D eigenvalue weighted by atomic mass is 16.5. The molecule has 26 heavy (non-hydrogen) atoms. The average molecular weight is 364 g/mol. The first-order valence-electron chi connectivity index (χ1n) is 7.86. The summed E-state index contributed by atoms with van der Waals surface area (Å²) >= 11 is 0. The van der Waals surface area contributed by atoms with Gasteiger partial charge in [0.2, 0.25) is 0 Å². The number of esters is 1. The van der Waals surface area contributed by atoms with Gasteiger partial charge in [0, 0.05) is 24.4 Å². The highest BCUT2D eigenvalue weighted by Crippen LogP contribution is 2.55. The predicted molar refractivity (Wildman–Crippen MR) is 95.6 cm³/mol. The van der Waals surface area contributed by atoms with E-state index in [9.17, 15) is 14.4 Å². The normalized spacial score (nSPS) is 21.0. The quantitative estimate of drug-likeness (QED) is 0.387. The van der Waals surface area contributed by atoms with Crippen LogP contribution in [0.2, 0.25) is 0 Å². The second-order valence-corrected chi connectivity index (χ2v) is 6.26. The molecule has 142 valence electrons. The Kier molecular flexibility index (Phi) is 7.33. The smallest absolute Gasteiger partial charge is 0.328 e. The Morgan fingerprint density at radius 3 is 2.08 bits per heavy atom. The topological polar surface area (TPSA) is 130 Å². The molecule has 2 unspecified atom stereocenters. The van der Waals surface area contributed by atoms with E-state index >= 15 is 0 Å². The van der Waals surface area contributed by atoms with Gasteiger partial charge in [0.15, 0.2) is 0 Å². The molecule has 1 aromatic carbocycles. The standard InChI is InChI=1S/C14H20N2O2.C4H4O4/c1-16(2)9-11-8-14(11,13(17)18-3)10-4-6-12(15)7-5-10;5-3(6)1-2-4(7)8/h4-7,11H,8-9,15H2,1-3H3;1-2H,(H,5,6)(H,7,8)/b;2-1-. The molecule has 2 atom stereocenters. The number of nitrogens with zero attached hydrogens (tertiary/aromatic N) is 1. The summed E-state index contributed by atoms with van der Waals surface area (Å²) in [5.41, 5.74) is 6.95. The average Bonchev–Trinajstić information content (AvgIpc) is 3.27. The molecule has 1 saturated carbocycles. The molecule has 8 heteroatoms. The fraction of sp³-hybridized carbons (Fsp3) is 0.389. The van der Waals surface area contributed by atoms with Gasteiger partial charge < -0.3 is 25.6 Å². The maximum Gasteiger partial charge on any atom is 0.328 e. The minimum absolute atomic E-state index is 0.140. The molecule has 0 saturated heterocycles. The molecule has 0 spiro atoms. The fourth-order valence-corrected chi connectivity index (χ4v) is 2.82. The number of hydrogen-bond acceptors (Lipinski definition) is 6. The van der Waals surface area contributed by atoms with Crippen LogP contribution in [0.1, 0.15) is 12.0 Å². The highest BCUT2D eigenvalue weighted by Gasteiger charge is 2.61. The van der Waals surface area contributed by atoms with E-state index in [0.717, 1.165) is 18.5 Å². The van der Waals surface area contributed by atoms with Crippen LogP contribution in [0.15, 0.2) is 36.4 Å². The van der Waals surface area contributed by atoms with Crippen LogP contribution in [-0.2, 0) is 24.5 Å². The van der Waals surface area contributed by atoms with E-state index in [2.05, 4.69) is 4.90 Å². The van der Waals surface area contributed by atoms with Crippen LogP contribution in [0.5, 0.6) is 0 Å². The Hall–Kier alpha value is -2.87. The molecule has 1 fully saturated rings. The number of hydrogen-bond donors (Lipinski definition) is 3. The number of benzene rings is 1. The summed E-state index contributed by atoms with van der Waals surface area (Å²) in [6.45, 7) is 0.888. The number of rotatable bonds is 6. The van der Waals surface area contributed by atoms with E-state index in [0.29, 0.717) is 23.8 Å². The molecule has 0 aromatic heterocycles. The van der Waals surface area contributed by atoms with Gasteiger partial charge in [-0.15, -0.1) is 0 Å². The van der Waals surface area contributed by atoms with Crippen LogP contribution < -0.4 is 5.73 Å². The van der Waals surface area contributed by atoms with Crippen molar-refractivity contribution in [1.82, 2.24) is 4.90 Å². The second kappa shape index (κ2) is 9.00. The first-order valence-corrected chi connectivity index (χ1v) is 7.86. The minimum atomic E-state index is -1.26. The first kappa shape index (κ1) is 21.2. The molecular formula is C18H24N2O6. The van der Waals surface area contributed by atoms with Crippen molar-refractivity contribution in [3.8, 4) is 0 Å². The summed E-state index contributed by atoms with van der Waals surface area (Å²) in [6.07, 6.45) is 1.96. The predicted octanol–water partition coefficient (Wildman–Crippen LogP) is 0.973. The van der Waals surface area contributed by atoms with Gasteiger partial charge in [0.25, 0.3) is 0 Å². The molecule has 0 aliphatic heterocycles. The van der Waals surface area contributed by atoms with Crippen molar-refractivity contribution in [2.75, 3.05) is 33.5 Å². The molecule has 1 aliphatic carbocycles. The SMILES string of the molecule is COC(=O)C1(c2ccc(N)cc2)CC1CN(C)C.O=C(O)/C=C\C(=O)O. The maximum absolute atomic E-state index is 12.1. The summed E-state index contributed by atoms with van der Waals surface area (Å²) in [5, 5.41) is 15.6. The van der Waals surface area contributed by atoms with E-state index < -0.39 is 17.4 Å².